The minimum atomic E-state index is -0.616. The van der Waals surface area contributed by atoms with Crippen LogP contribution in [-0.4, -0.2) is 21.9 Å². The van der Waals surface area contributed by atoms with Crippen molar-refractivity contribution in [3.8, 4) is 0 Å². The molecule has 2 fully saturated rings. The summed E-state index contributed by atoms with van der Waals surface area (Å²) in [6.45, 7) is 10.6. The van der Waals surface area contributed by atoms with E-state index in [1.165, 1.54) is 0 Å². The fourth-order valence-electron chi connectivity index (χ4n) is 3.86. The van der Waals surface area contributed by atoms with Crippen molar-refractivity contribution in [1.82, 2.24) is 0 Å². The van der Waals surface area contributed by atoms with Crippen LogP contribution in [0, 0.1) is 17.3 Å². The average Bonchev–Trinajstić information content (AvgIpc) is 2.44. The van der Waals surface area contributed by atoms with E-state index < -0.39 is 11.7 Å². The Bertz CT molecular complexity index is 321. The van der Waals surface area contributed by atoms with Gasteiger partial charge < -0.3 is 10.2 Å². The molecule has 2 N–H and O–H groups in total. The van der Waals surface area contributed by atoms with Gasteiger partial charge in [-0.05, 0) is 54.9 Å². The molecule has 2 aliphatic rings. The van der Waals surface area contributed by atoms with Crippen molar-refractivity contribution in [3.05, 3.63) is 12.2 Å². The predicted molar refractivity (Wildman–Crippen MR) is 69.6 cm³/mol. The van der Waals surface area contributed by atoms with Gasteiger partial charge in [-0.3, -0.25) is 0 Å². The fourth-order valence-corrected chi connectivity index (χ4v) is 3.86. The van der Waals surface area contributed by atoms with E-state index in [9.17, 15) is 10.2 Å². The van der Waals surface area contributed by atoms with Crippen LogP contribution in [0.5, 0.6) is 0 Å². The van der Waals surface area contributed by atoms with E-state index in [0.717, 1.165) is 31.3 Å². The highest BCUT2D eigenvalue weighted by atomic mass is 16.3. The van der Waals surface area contributed by atoms with Crippen LogP contribution in [0.25, 0.3) is 0 Å². The molecule has 0 aliphatic heterocycles. The summed E-state index contributed by atoms with van der Waals surface area (Å²) in [5.74, 6) is 0.948. The van der Waals surface area contributed by atoms with Gasteiger partial charge in [-0.25, -0.2) is 0 Å². The summed E-state index contributed by atoms with van der Waals surface area (Å²) in [6, 6.07) is 0. The van der Waals surface area contributed by atoms with Gasteiger partial charge in [0.15, 0.2) is 0 Å². The zero-order chi connectivity index (χ0) is 12.8. The molecule has 0 heterocycles. The fraction of sp³-hybridized carbons (Fsp3) is 0.867. The van der Waals surface area contributed by atoms with Crippen molar-refractivity contribution in [2.45, 2.75) is 64.6 Å². The third-order valence-electron chi connectivity index (χ3n) is 4.93. The second-order valence-electron chi connectivity index (χ2n) is 7.15. The van der Waals surface area contributed by atoms with Crippen LogP contribution < -0.4 is 0 Å². The zero-order valence-electron chi connectivity index (χ0n) is 11.4. The molecule has 2 nitrogen and oxygen atoms in total. The summed E-state index contributed by atoms with van der Waals surface area (Å²) < 4.78 is 0. The first-order chi connectivity index (χ1) is 7.73. The van der Waals surface area contributed by atoms with Gasteiger partial charge in [0, 0.05) is 0 Å². The summed E-state index contributed by atoms with van der Waals surface area (Å²) >= 11 is 0. The number of fused-ring (bicyclic) bond motifs is 1. The first-order valence-electron chi connectivity index (χ1n) is 6.82. The highest BCUT2D eigenvalue weighted by Gasteiger charge is 2.49. The molecule has 2 heteroatoms. The molecular formula is C15H26O2. The smallest absolute Gasteiger partial charge is 0.0753 e. The Labute approximate surface area is 105 Å². The molecule has 2 rings (SSSR count). The van der Waals surface area contributed by atoms with Crippen molar-refractivity contribution in [1.29, 1.82) is 0 Å². The van der Waals surface area contributed by atoms with Gasteiger partial charge in [-0.1, -0.05) is 27.4 Å². The molecule has 98 valence electrons. The van der Waals surface area contributed by atoms with Crippen molar-refractivity contribution in [3.63, 3.8) is 0 Å². The topological polar surface area (TPSA) is 40.5 Å². The maximum absolute atomic E-state index is 10.8. The normalized spacial score (nSPS) is 46.2. The second kappa shape index (κ2) is 4.10. The molecule has 2 aliphatic carbocycles. The molecule has 4 atom stereocenters. The summed E-state index contributed by atoms with van der Waals surface area (Å²) in [5, 5.41) is 20.9. The molecule has 17 heavy (non-hydrogen) atoms. The molecule has 0 radical (unpaired) electrons. The van der Waals surface area contributed by atoms with Crippen molar-refractivity contribution in [2.24, 2.45) is 17.3 Å². The van der Waals surface area contributed by atoms with Crippen LogP contribution >= 0.6 is 0 Å². The lowest BCUT2D eigenvalue weighted by Gasteiger charge is -2.42. The molecule has 0 bridgehead atoms. The number of rotatable bonds is 0. The largest absolute Gasteiger partial charge is 0.389 e. The first-order valence-corrected chi connectivity index (χ1v) is 6.82. The molecule has 4 unspecified atom stereocenters. The average molecular weight is 238 g/mol. The Kier molecular flexibility index (Phi) is 3.16. The van der Waals surface area contributed by atoms with Gasteiger partial charge in [-0.2, -0.15) is 0 Å². The van der Waals surface area contributed by atoms with E-state index in [0.29, 0.717) is 18.3 Å². The molecule has 0 saturated heterocycles. The third-order valence-corrected chi connectivity index (χ3v) is 4.93. The lowest BCUT2D eigenvalue weighted by Crippen LogP contribution is -2.42. The summed E-state index contributed by atoms with van der Waals surface area (Å²) in [6.07, 6.45) is 3.87. The Hall–Kier alpha value is -0.340. The maximum Gasteiger partial charge on any atom is 0.0753 e. The van der Waals surface area contributed by atoms with Crippen LogP contribution in [0.4, 0.5) is 0 Å². The molecule has 0 aromatic rings. The van der Waals surface area contributed by atoms with E-state index in [4.69, 9.17) is 0 Å². The molecule has 2 saturated carbocycles. The molecular weight excluding hydrogens is 212 g/mol. The van der Waals surface area contributed by atoms with Crippen molar-refractivity contribution < 1.29 is 10.2 Å². The predicted octanol–water partition coefficient (Wildman–Crippen LogP) is 2.89. The van der Waals surface area contributed by atoms with Gasteiger partial charge in [0.05, 0.1) is 11.7 Å². The molecule has 0 spiro atoms. The number of aliphatic hydroxyl groups excluding tert-OH is 1. The van der Waals surface area contributed by atoms with Crippen LogP contribution in [0.2, 0.25) is 0 Å². The monoisotopic (exact) mass is 238 g/mol. The van der Waals surface area contributed by atoms with Gasteiger partial charge in [-0.15, -0.1) is 0 Å². The zero-order valence-corrected chi connectivity index (χ0v) is 11.4. The quantitative estimate of drug-likeness (QED) is 0.637. The second-order valence-corrected chi connectivity index (χ2v) is 7.15. The van der Waals surface area contributed by atoms with Crippen LogP contribution in [0.3, 0.4) is 0 Å². The highest BCUT2D eigenvalue weighted by Crippen LogP contribution is 2.51. The van der Waals surface area contributed by atoms with Gasteiger partial charge >= 0.3 is 0 Å². The van der Waals surface area contributed by atoms with Gasteiger partial charge in [0.2, 0.25) is 0 Å². The van der Waals surface area contributed by atoms with Crippen molar-refractivity contribution in [2.75, 3.05) is 0 Å². The summed E-state index contributed by atoms with van der Waals surface area (Å²) in [4.78, 5) is 0. The third kappa shape index (κ3) is 2.43. The Morgan fingerprint density at radius 2 is 1.94 bits per heavy atom. The van der Waals surface area contributed by atoms with E-state index >= 15 is 0 Å². The highest BCUT2D eigenvalue weighted by molar-refractivity contribution is 5.13. The number of hydrogen-bond donors (Lipinski definition) is 2. The summed E-state index contributed by atoms with van der Waals surface area (Å²) in [7, 11) is 0. The van der Waals surface area contributed by atoms with Crippen LogP contribution in [0.1, 0.15) is 52.9 Å². The number of hydrogen-bond acceptors (Lipinski definition) is 2. The molecule has 0 aromatic heterocycles. The standard InChI is InChI=1S/C15H26O2/c1-10-5-6-15(17)7-11(2)13(16)9-14(3,4)8-12(10)15/h10,12-13,16-17H,2,5-9H2,1,3-4H3. The lowest BCUT2D eigenvalue weighted by atomic mass is 9.67. The Morgan fingerprint density at radius 3 is 2.59 bits per heavy atom. The lowest BCUT2D eigenvalue weighted by molar-refractivity contribution is -0.0426. The molecule has 0 amide bonds. The Balaban J connectivity index is 2.30. The summed E-state index contributed by atoms with van der Waals surface area (Å²) in [5.41, 5.74) is 0.286. The van der Waals surface area contributed by atoms with E-state index in [2.05, 4.69) is 27.4 Å². The Morgan fingerprint density at radius 1 is 1.29 bits per heavy atom. The van der Waals surface area contributed by atoms with E-state index in [1.807, 2.05) is 0 Å². The van der Waals surface area contributed by atoms with Crippen LogP contribution in [-0.2, 0) is 0 Å². The van der Waals surface area contributed by atoms with Gasteiger partial charge in [0.1, 0.15) is 0 Å². The minimum Gasteiger partial charge on any atom is -0.389 e. The first kappa shape index (κ1) is 13.1. The van der Waals surface area contributed by atoms with Crippen LogP contribution in [0.15, 0.2) is 12.2 Å². The SMILES string of the molecule is C=C1CC2(O)CCC(C)C2CC(C)(C)CC1O. The van der Waals surface area contributed by atoms with E-state index in [1.54, 1.807) is 0 Å². The number of aliphatic hydroxyl groups is 2. The van der Waals surface area contributed by atoms with E-state index in [-0.39, 0.29) is 5.41 Å². The van der Waals surface area contributed by atoms with Gasteiger partial charge in [0.25, 0.3) is 0 Å². The van der Waals surface area contributed by atoms with Crippen molar-refractivity contribution >= 4 is 0 Å². The minimum absolute atomic E-state index is 0.0834. The maximum atomic E-state index is 10.8. The molecule has 0 aromatic carbocycles.